The van der Waals surface area contributed by atoms with Crippen LogP contribution in [0.3, 0.4) is 0 Å². The van der Waals surface area contributed by atoms with Crippen LogP contribution in [0.1, 0.15) is 202 Å². The van der Waals surface area contributed by atoms with Gasteiger partial charge in [0.15, 0.2) is 46.5 Å². The second-order valence-electron chi connectivity index (χ2n) is 36.8. The van der Waals surface area contributed by atoms with E-state index in [2.05, 4.69) is 69.4 Å². The van der Waals surface area contributed by atoms with Gasteiger partial charge in [-0.25, -0.2) is 77.0 Å². The Balaban J connectivity index is 0.000000105. The van der Waals surface area contributed by atoms with Crippen molar-refractivity contribution >= 4 is 99.3 Å². The molecule has 0 amide bonds. The minimum absolute atomic E-state index is 0.0458. The highest BCUT2D eigenvalue weighted by Gasteiger charge is 2.45. The Morgan fingerprint density at radius 1 is 0.290 bits per heavy atom. The quantitative estimate of drug-likeness (QED) is 0.0409. The van der Waals surface area contributed by atoms with E-state index in [4.69, 9.17) is 21.6 Å². The molecule has 30 heteroatoms. The number of piperidine rings is 4. The van der Waals surface area contributed by atoms with E-state index in [1.807, 2.05) is 36.7 Å². The monoisotopic (exact) mass is 1810 g/mol. The summed E-state index contributed by atoms with van der Waals surface area (Å²) in [6, 6.07) is 32.9. The number of likely N-dealkylation sites (tertiary alicyclic amines) is 4. The van der Waals surface area contributed by atoms with E-state index >= 15 is 0 Å². The number of aromatic amines is 4. The minimum atomic E-state index is -1.50. The smallest absolute Gasteiger partial charge is 0.196 e. The van der Waals surface area contributed by atoms with Gasteiger partial charge in [0.1, 0.15) is 68.9 Å². The van der Waals surface area contributed by atoms with Crippen LogP contribution in [0, 0.1) is 106 Å². The van der Waals surface area contributed by atoms with Crippen molar-refractivity contribution in [3.8, 4) is 0 Å². The fourth-order valence-corrected chi connectivity index (χ4v) is 21.5. The molecule has 8 aliphatic rings. The summed E-state index contributed by atoms with van der Waals surface area (Å²) in [6.07, 6.45) is 23.4. The summed E-state index contributed by atoms with van der Waals surface area (Å²) in [5.74, 6) is -4.42. The largest absolute Gasteiger partial charge is 0.341 e. The molecule has 8 fully saturated rings. The second kappa shape index (κ2) is 35.6. The number of rotatable bonds is 16. The number of aryl methyl sites for hydroxylation is 1. The molecular weight excluding hydrogens is 1720 g/mol. The number of hydrogen-bond acceptors (Lipinski definition) is 12. The lowest BCUT2D eigenvalue weighted by Gasteiger charge is -2.37. The van der Waals surface area contributed by atoms with E-state index in [0.717, 1.165) is 220 Å². The average Bonchev–Trinajstić information content (AvgIpc) is 1.68. The molecule has 0 unspecified atom stereocenters. The zero-order valence-corrected chi connectivity index (χ0v) is 72.2. The normalized spacial score (nSPS) is 19.0. The average molecular weight is 1810 g/mol. The molecule has 4 N–H and O–H groups in total. The molecule has 0 bridgehead atoms. The molecule has 4 aliphatic heterocycles. The Bertz CT molecular complexity index is 6790. The fraction of sp³-hybridized carbons (Fsp3) is 0.366. The number of halogens is 14. The zero-order valence-electron chi connectivity index (χ0n) is 71.5. The van der Waals surface area contributed by atoms with E-state index in [1.54, 1.807) is 73.9 Å². The van der Waals surface area contributed by atoms with Crippen LogP contribution in [0.4, 0.5) is 57.1 Å². The molecule has 4 saturated carbocycles. The standard InChI is InChI=1S/C26H25F3N4.C25H23ClF2N4.2C25H22F4N4/c1-14-23(29)20(28)13-22-24(14)32-26(31-22)25(16-2-3-16)33-10-7-15(8-11-33)18-6-9-30-21-5-4-17(27)12-19(18)21;26-19-12-22-23(13-20(19)28)31-25(30-22)24(15-1-2-15)32-9-6-14(7-10-32)17-5-8-29-21-4-3-16(27)11-18(17)21;26-15-3-4-20-17(11-15)16(5-8-30-20)13-6-9-33(10-7-13)24(14-1-2-14)25-31-22-19(28)12-18(27)21(29)23(22)32-25;26-15-3-4-19-17(11-15)16(5-8-30-19)13-6-9-33(10-7-13)24(14-1-2-14)25-31-20-12-18(27)21(28)22(29)23(20)32-25/h4-6,9,12-13,15-16,25H,2-3,7-8,10-11H2,1H3,(H,31,32);3-5,8,11-15,24H,1-2,6-7,9-10H2,(H,30,31);2*3-5,8,11-14,24H,1-2,6-7,9-10H2,(H,31,32)/t25-;3*24-/m1111/s1. The number of aromatic nitrogens is 12. The maximum Gasteiger partial charge on any atom is 0.196 e. The number of pyridine rings is 4. The molecule has 4 atom stereocenters. The van der Waals surface area contributed by atoms with Gasteiger partial charge in [0.25, 0.3) is 0 Å². The molecule has 4 aliphatic carbocycles. The third-order valence-electron chi connectivity index (χ3n) is 28.5. The van der Waals surface area contributed by atoms with Gasteiger partial charge >= 0.3 is 0 Å². The Kier molecular flexibility index (Phi) is 23.4. The predicted molar refractivity (Wildman–Crippen MR) is 477 cm³/mol. The summed E-state index contributed by atoms with van der Waals surface area (Å²) in [7, 11) is 0. The molecule has 24 rings (SSSR count). The molecule has 4 saturated heterocycles. The number of hydrogen-bond donors (Lipinski definition) is 4. The topological polar surface area (TPSA) is 179 Å². The van der Waals surface area contributed by atoms with Gasteiger partial charge in [-0.1, -0.05) is 11.6 Å². The first-order chi connectivity index (χ1) is 63.5. The van der Waals surface area contributed by atoms with Gasteiger partial charge in [0.2, 0.25) is 0 Å². The van der Waals surface area contributed by atoms with Gasteiger partial charge in [-0.05, 0) is 335 Å². The summed E-state index contributed by atoms with van der Waals surface area (Å²) >= 11 is 5.96. The molecule has 674 valence electrons. The van der Waals surface area contributed by atoms with Crippen molar-refractivity contribution in [3.63, 3.8) is 0 Å². The molecule has 16 nitrogen and oxygen atoms in total. The van der Waals surface area contributed by atoms with E-state index in [0.29, 0.717) is 75.3 Å². The van der Waals surface area contributed by atoms with Crippen LogP contribution in [0.2, 0.25) is 5.02 Å². The van der Waals surface area contributed by atoms with Crippen LogP contribution in [0.15, 0.2) is 152 Å². The van der Waals surface area contributed by atoms with Gasteiger partial charge < -0.3 is 19.9 Å². The second-order valence-corrected chi connectivity index (χ2v) is 37.2. The minimum Gasteiger partial charge on any atom is -0.341 e. The third kappa shape index (κ3) is 17.3. The number of nitrogens with one attached hydrogen (secondary N) is 4. The van der Waals surface area contributed by atoms with E-state index in [9.17, 15) is 57.1 Å². The molecule has 8 aromatic carbocycles. The summed E-state index contributed by atoms with van der Waals surface area (Å²) in [5.41, 5.74) is 10.1. The molecule has 0 spiro atoms. The molecule has 12 heterocycles. The van der Waals surface area contributed by atoms with E-state index in [-0.39, 0.29) is 91.9 Å². The van der Waals surface area contributed by atoms with E-state index in [1.165, 1.54) is 54.8 Å². The Morgan fingerprint density at radius 2 is 0.603 bits per heavy atom. The number of H-pyrrole nitrogens is 4. The Hall–Kier alpha value is -11.5. The first-order valence-corrected chi connectivity index (χ1v) is 45.8. The zero-order chi connectivity index (χ0) is 89.9. The van der Waals surface area contributed by atoms with Crippen LogP contribution in [0.5, 0.6) is 0 Å². The van der Waals surface area contributed by atoms with Crippen LogP contribution in [-0.4, -0.2) is 132 Å². The highest BCUT2D eigenvalue weighted by atomic mass is 35.5. The maximum atomic E-state index is 14.3. The number of imidazole rings is 4. The highest BCUT2D eigenvalue weighted by molar-refractivity contribution is 6.31. The van der Waals surface area contributed by atoms with Crippen molar-refractivity contribution in [2.75, 3.05) is 52.4 Å². The van der Waals surface area contributed by atoms with Crippen LogP contribution in [-0.2, 0) is 0 Å². The van der Waals surface area contributed by atoms with Crippen molar-refractivity contribution < 1.29 is 57.1 Å². The van der Waals surface area contributed by atoms with Crippen molar-refractivity contribution in [1.82, 2.24) is 79.4 Å². The van der Waals surface area contributed by atoms with Crippen molar-refractivity contribution in [2.45, 2.75) is 157 Å². The maximum absolute atomic E-state index is 14.3. The van der Waals surface area contributed by atoms with Gasteiger partial charge in [-0.2, -0.15) is 0 Å². The number of nitrogens with zero attached hydrogens (tertiary/aromatic N) is 12. The van der Waals surface area contributed by atoms with Crippen molar-refractivity contribution in [3.05, 3.63) is 284 Å². The summed E-state index contributed by atoms with van der Waals surface area (Å²) in [4.78, 5) is 57.9. The molecule has 8 aromatic heterocycles. The Labute approximate surface area is 749 Å². The first-order valence-electron chi connectivity index (χ1n) is 45.4. The SMILES string of the molecule is Cc1c(F)c(F)cc2[nH]c([C@@H](C3CC3)N3CCC(c4ccnc5ccc(F)cc45)CC3)nc12.Fc1ccc2nccc(C3CCN([C@@H](c4nc5c(F)c(F)c(F)cc5[nH]4)C4CC4)CC3)c2c1.Fc1ccc2nccc(C3CCN([C@@H](c4nc5c(F)cc(F)c(F)c5[nH]4)C4CC4)CC3)c2c1.Fc1ccc2nccc(C3CCN([C@@H](c4nc5cc(Cl)c(F)cc5[nH]4)C4CC4)CC3)c2c1. The predicted octanol–water partition coefficient (Wildman–Crippen LogP) is 24.5. The lowest BCUT2D eigenvalue weighted by atomic mass is 9.86. The lowest BCUT2D eigenvalue weighted by Crippen LogP contribution is -2.37. The lowest BCUT2D eigenvalue weighted by molar-refractivity contribution is 0.131. The van der Waals surface area contributed by atoms with Crippen LogP contribution in [0.25, 0.3) is 87.7 Å². The molecule has 16 aromatic rings. The highest BCUT2D eigenvalue weighted by Crippen LogP contribution is 2.52. The third-order valence-corrected chi connectivity index (χ3v) is 28.8. The first kappa shape index (κ1) is 86.2. The summed E-state index contributed by atoms with van der Waals surface area (Å²) < 4.78 is 181. The van der Waals surface area contributed by atoms with Crippen LogP contribution >= 0.6 is 11.6 Å². The number of fused-ring (bicyclic) bond motifs is 8. The van der Waals surface area contributed by atoms with Gasteiger partial charge in [0.05, 0.1) is 78.8 Å². The van der Waals surface area contributed by atoms with Crippen LogP contribution < -0.4 is 0 Å². The van der Waals surface area contributed by atoms with E-state index < -0.39 is 52.4 Å². The molecule has 0 radical (unpaired) electrons. The summed E-state index contributed by atoms with van der Waals surface area (Å²) in [6.45, 7) is 8.40. The summed E-state index contributed by atoms with van der Waals surface area (Å²) in [5, 5.41) is 3.61. The van der Waals surface area contributed by atoms with Gasteiger partial charge in [0, 0.05) is 76.2 Å². The number of benzene rings is 8. The van der Waals surface area contributed by atoms with Gasteiger partial charge in [-0.3, -0.25) is 39.5 Å². The fourth-order valence-electron chi connectivity index (χ4n) is 21.4. The molecular formula is C101H92ClF13N16. The van der Waals surface area contributed by atoms with Crippen molar-refractivity contribution in [2.24, 2.45) is 23.7 Å². The Morgan fingerprint density at radius 3 is 0.977 bits per heavy atom. The van der Waals surface area contributed by atoms with Gasteiger partial charge in [-0.15, -0.1) is 0 Å². The molecule has 131 heavy (non-hydrogen) atoms. The van der Waals surface area contributed by atoms with Crippen molar-refractivity contribution in [1.29, 1.82) is 0 Å².